The maximum atomic E-state index is 3.56. The van der Waals surface area contributed by atoms with E-state index in [1.807, 2.05) is 6.92 Å². The van der Waals surface area contributed by atoms with Gasteiger partial charge in [0, 0.05) is 21.7 Å². The molecule has 0 unspecified atom stereocenters. The Labute approximate surface area is 53.8 Å². The van der Waals surface area contributed by atoms with Crippen LogP contribution >= 0.6 is 0 Å². The predicted molar refractivity (Wildman–Crippen MR) is 25.0 cm³/mol. The second-order valence-electron chi connectivity index (χ2n) is 1.05. The van der Waals surface area contributed by atoms with E-state index in [-0.39, 0.29) is 21.7 Å². The number of hydrogen-bond donors (Lipinski definition) is 0. The topological polar surface area (TPSA) is 0 Å². The Hall–Kier alpha value is 0.194. The van der Waals surface area contributed by atoms with Crippen LogP contribution in [-0.4, -0.2) is 0 Å². The zero-order chi connectivity index (χ0) is 4.28. The van der Waals surface area contributed by atoms with Gasteiger partial charge in [-0.25, -0.2) is 0 Å². The third-order valence-electron chi connectivity index (χ3n) is 0.348. The molecule has 0 rings (SSSR count). The number of rotatable bonds is 1. The zero-order valence-electron chi connectivity index (χ0n) is 3.99. The van der Waals surface area contributed by atoms with Gasteiger partial charge in [-0.3, -0.25) is 0 Å². The van der Waals surface area contributed by atoms with Gasteiger partial charge in [-0.1, -0.05) is 24.8 Å². The van der Waals surface area contributed by atoms with Gasteiger partial charge in [0.15, 0.2) is 0 Å². The van der Waals surface area contributed by atoms with Crippen molar-refractivity contribution < 1.29 is 21.7 Å². The first-order valence-corrected chi connectivity index (χ1v) is 1.55. The second-order valence-corrected chi connectivity index (χ2v) is 1.05. The summed E-state index contributed by atoms with van der Waals surface area (Å²) in [6.07, 6.45) is 1.72. The maximum Gasteiger partial charge on any atom is 0 e. The van der Waals surface area contributed by atoms with E-state index >= 15 is 0 Å². The van der Waals surface area contributed by atoms with Crippen molar-refractivity contribution >= 4 is 0 Å². The summed E-state index contributed by atoms with van der Waals surface area (Å²) in [5.41, 5.74) is 1.02. The SMILES string of the molecule is C=CC(=C)C.[Ti]. The standard InChI is InChI=1S/C5H8.Ti/c1-4-5(2)3;/h4H,1-2H2,3H3;. The Morgan fingerprint density at radius 1 is 1.67 bits per heavy atom. The minimum absolute atomic E-state index is 0. The van der Waals surface area contributed by atoms with Crippen molar-refractivity contribution in [1.82, 2.24) is 0 Å². The molecular formula is C5H8Ti. The minimum Gasteiger partial charge on any atom is -0.0988 e. The van der Waals surface area contributed by atoms with E-state index in [0.29, 0.717) is 0 Å². The van der Waals surface area contributed by atoms with Gasteiger partial charge in [0.2, 0.25) is 0 Å². The molecule has 0 spiro atoms. The fourth-order valence-electron chi connectivity index (χ4n) is 0. The minimum atomic E-state index is 0. The molecule has 0 nitrogen and oxygen atoms in total. The van der Waals surface area contributed by atoms with Gasteiger partial charge in [-0.05, 0) is 6.92 Å². The van der Waals surface area contributed by atoms with Gasteiger partial charge in [-0.15, -0.1) is 0 Å². The molecule has 0 aliphatic carbocycles. The monoisotopic (exact) mass is 116 g/mol. The summed E-state index contributed by atoms with van der Waals surface area (Å²) in [4.78, 5) is 0. The first kappa shape index (κ1) is 9.50. The van der Waals surface area contributed by atoms with Crippen LogP contribution in [0, 0.1) is 0 Å². The first-order chi connectivity index (χ1) is 2.27. The van der Waals surface area contributed by atoms with Crippen LogP contribution in [0.25, 0.3) is 0 Å². The molecule has 0 amide bonds. The smallest absolute Gasteiger partial charge is 0 e. The molecule has 32 valence electrons. The summed E-state index contributed by atoms with van der Waals surface area (Å²) in [7, 11) is 0. The van der Waals surface area contributed by atoms with Crippen LogP contribution in [0.1, 0.15) is 6.92 Å². The molecule has 0 radical (unpaired) electrons. The molecule has 0 heterocycles. The first-order valence-electron chi connectivity index (χ1n) is 1.55. The molecule has 0 aromatic carbocycles. The number of hydrogen-bond acceptors (Lipinski definition) is 0. The van der Waals surface area contributed by atoms with Crippen LogP contribution in [0.3, 0.4) is 0 Å². The molecule has 6 heavy (non-hydrogen) atoms. The normalized spacial score (nSPS) is 5.50. The van der Waals surface area contributed by atoms with Crippen LogP contribution in [0.2, 0.25) is 0 Å². The Morgan fingerprint density at radius 3 is 1.83 bits per heavy atom. The van der Waals surface area contributed by atoms with Crippen LogP contribution in [0.4, 0.5) is 0 Å². The van der Waals surface area contributed by atoms with E-state index in [9.17, 15) is 0 Å². The van der Waals surface area contributed by atoms with Crippen molar-refractivity contribution in [3.05, 3.63) is 24.8 Å². The van der Waals surface area contributed by atoms with Crippen molar-refractivity contribution in [3.63, 3.8) is 0 Å². The molecule has 0 aromatic rings. The van der Waals surface area contributed by atoms with Crippen molar-refractivity contribution in [2.24, 2.45) is 0 Å². The van der Waals surface area contributed by atoms with Gasteiger partial charge in [0.25, 0.3) is 0 Å². The Bertz CT molecular complexity index is 55.0. The Balaban J connectivity index is 0. The van der Waals surface area contributed by atoms with E-state index in [0.717, 1.165) is 5.57 Å². The van der Waals surface area contributed by atoms with E-state index < -0.39 is 0 Å². The molecule has 0 fully saturated rings. The Kier molecular flexibility index (Phi) is 8.22. The van der Waals surface area contributed by atoms with Gasteiger partial charge >= 0.3 is 0 Å². The molecule has 0 atom stereocenters. The average Bonchev–Trinajstić information content (AvgIpc) is 1.38. The van der Waals surface area contributed by atoms with Crippen molar-refractivity contribution in [3.8, 4) is 0 Å². The van der Waals surface area contributed by atoms with Crippen LogP contribution in [-0.2, 0) is 21.7 Å². The molecule has 0 saturated heterocycles. The van der Waals surface area contributed by atoms with Crippen LogP contribution in [0.15, 0.2) is 24.8 Å². The van der Waals surface area contributed by atoms with E-state index in [1.165, 1.54) is 0 Å². The van der Waals surface area contributed by atoms with Gasteiger partial charge in [-0.2, -0.15) is 0 Å². The molecule has 0 N–H and O–H groups in total. The van der Waals surface area contributed by atoms with Gasteiger partial charge in [0.1, 0.15) is 0 Å². The molecule has 0 aliphatic rings. The quantitative estimate of drug-likeness (QED) is 0.361. The average molecular weight is 116 g/mol. The molecular weight excluding hydrogens is 108 g/mol. The summed E-state index contributed by atoms with van der Waals surface area (Å²) >= 11 is 0. The van der Waals surface area contributed by atoms with Crippen LogP contribution < -0.4 is 0 Å². The second kappa shape index (κ2) is 5.19. The zero-order valence-corrected chi connectivity index (χ0v) is 5.55. The molecule has 0 saturated carbocycles. The molecule has 1 heteroatoms. The predicted octanol–water partition coefficient (Wildman–Crippen LogP) is 1.75. The van der Waals surface area contributed by atoms with E-state index in [4.69, 9.17) is 0 Å². The third-order valence-corrected chi connectivity index (χ3v) is 0.348. The van der Waals surface area contributed by atoms with Crippen molar-refractivity contribution in [2.75, 3.05) is 0 Å². The number of allylic oxidation sites excluding steroid dienone is 2. The molecule has 0 aliphatic heterocycles. The van der Waals surface area contributed by atoms with Crippen molar-refractivity contribution in [2.45, 2.75) is 6.92 Å². The maximum absolute atomic E-state index is 3.56. The fraction of sp³-hybridized carbons (Fsp3) is 0.200. The van der Waals surface area contributed by atoms with E-state index in [2.05, 4.69) is 13.2 Å². The van der Waals surface area contributed by atoms with Crippen LogP contribution in [0.5, 0.6) is 0 Å². The Morgan fingerprint density at radius 2 is 1.83 bits per heavy atom. The summed E-state index contributed by atoms with van der Waals surface area (Å²) < 4.78 is 0. The van der Waals surface area contributed by atoms with Crippen molar-refractivity contribution in [1.29, 1.82) is 0 Å². The van der Waals surface area contributed by atoms with Gasteiger partial charge in [0.05, 0.1) is 0 Å². The summed E-state index contributed by atoms with van der Waals surface area (Å²) in [5, 5.41) is 0. The summed E-state index contributed by atoms with van der Waals surface area (Å²) in [6, 6.07) is 0. The summed E-state index contributed by atoms with van der Waals surface area (Å²) in [6.45, 7) is 8.93. The summed E-state index contributed by atoms with van der Waals surface area (Å²) in [5.74, 6) is 0. The third kappa shape index (κ3) is 8.89. The fourth-order valence-corrected chi connectivity index (χ4v) is 0. The van der Waals surface area contributed by atoms with E-state index in [1.54, 1.807) is 6.08 Å². The molecule has 0 bridgehead atoms. The molecule has 0 aromatic heterocycles. The largest absolute Gasteiger partial charge is 0.0988 e. The van der Waals surface area contributed by atoms with Gasteiger partial charge < -0.3 is 0 Å².